The summed E-state index contributed by atoms with van der Waals surface area (Å²) in [7, 11) is 0. The fourth-order valence-corrected chi connectivity index (χ4v) is 2.74. The number of carboxylic acid groups (broad SMARTS) is 1. The molecule has 1 aromatic carbocycles. The second-order valence-corrected chi connectivity index (χ2v) is 4.73. The Bertz CT molecular complexity index is 483. The molecule has 0 spiro atoms. The van der Waals surface area contributed by atoms with Gasteiger partial charge in [0.2, 0.25) is 0 Å². The van der Waals surface area contributed by atoms with Crippen LogP contribution < -0.4 is 5.32 Å². The van der Waals surface area contributed by atoms with Crippen molar-refractivity contribution in [2.75, 3.05) is 16.9 Å². The number of halogens is 1. The van der Waals surface area contributed by atoms with Gasteiger partial charge in [0.05, 0.1) is 11.6 Å². The third-order valence-corrected chi connectivity index (χ3v) is 3.56. The van der Waals surface area contributed by atoms with E-state index < -0.39 is 23.9 Å². The smallest absolute Gasteiger partial charge is 0.327 e. The number of hydrogen-bond acceptors (Lipinski definition) is 3. The lowest BCUT2D eigenvalue weighted by molar-refractivity contribution is -0.140. The standard InChI is InChI=1S/C11H11FN2O3S/c12-7-3-1-2-4-8(7)13-11(17)14-6-18-5-9(14)10(15)16/h1-4,9H,5-6H2,(H,13,17)(H,15,16). The van der Waals surface area contributed by atoms with Crippen LogP contribution in [0.5, 0.6) is 0 Å². The van der Waals surface area contributed by atoms with Gasteiger partial charge in [-0.25, -0.2) is 14.0 Å². The van der Waals surface area contributed by atoms with Crippen LogP contribution in [0.15, 0.2) is 24.3 Å². The van der Waals surface area contributed by atoms with Crippen LogP contribution in [-0.4, -0.2) is 39.7 Å². The Morgan fingerprint density at radius 3 is 2.83 bits per heavy atom. The van der Waals surface area contributed by atoms with Crippen molar-refractivity contribution in [1.82, 2.24) is 4.90 Å². The van der Waals surface area contributed by atoms with E-state index in [4.69, 9.17) is 5.11 Å². The molecule has 1 unspecified atom stereocenters. The molecule has 0 saturated carbocycles. The molecule has 1 aliphatic heterocycles. The van der Waals surface area contributed by atoms with Crippen molar-refractivity contribution < 1.29 is 19.1 Å². The molecule has 1 fully saturated rings. The number of hydrogen-bond donors (Lipinski definition) is 2. The summed E-state index contributed by atoms with van der Waals surface area (Å²) >= 11 is 1.35. The second kappa shape index (κ2) is 5.26. The quantitative estimate of drug-likeness (QED) is 0.860. The summed E-state index contributed by atoms with van der Waals surface area (Å²) in [5.41, 5.74) is 0.0449. The Hall–Kier alpha value is -1.76. The maximum atomic E-state index is 13.3. The summed E-state index contributed by atoms with van der Waals surface area (Å²) in [4.78, 5) is 24.0. The van der Waals surface area contributed by atoms with Gasteiger partial charge in [-0.3, -0.25) is 0 Å². The summed E-state index contributed by atoms with van der Waals surface area (Å²) in [6.07, 6.45) is 0. The predicted octanol–water partition coefficient (Wildman–Crippen LogP) is 1.82. The lowest BCUT2D eigenvalue weighted by Gasteiger charge is -2.20. The number of nitrogens with one attached hydrogen (secondary N) is 1. The molecule has 0 aromatic heterocycles. The van der Waals surface area contributed by atoms with E-state index >= 15 is 0 Å². The zero-order chi connectivity index (χ0) is 13.1. The number of para-hydroxylation sites is 1. The van der Waals surface area contributed by atoms with Crippen molar-refractivity contribution in [3.05, 3.63) is 30.1 Å². The molecule has 2 amide bonds. The van der Waals surface area contributed by atoms with Crippen molar-refractivity contribution in [2.45, 2.75) is 6.04 Å². The highest BCUT2D eigenvalue weighted by atomic mass is 32.2. The third kappa shape index (κ3) is 2.56. The summed E-state index contributed by atoms with van der Waals surface area (Å²) in [5.74, 6) is -0.967. The van der Waals surface area contributed by atoms with Crippen LogP contribution in [0.1, 0.15) is 0 Å². The van der Waals surface area contributed by atoms with Gasteiger partial charge in [-0.2, -0.15) is 0 Å². The van der Waals surface area contributed by atoms with E-state index in [1.54, 1.807) is 6.07 Å². The number of nitrogens with zero attached hydrogens (tertiary/aromatic N) is 1. The molecular weight excluding hydrogens is 259 g/mol. The number of carboxylic acids is 1. The van der Waals surface area contributed by atoms with Crippen LogP contribution >= 0.6 is 11.8 Å². The first-order chi connectivity index (χ1) is 8.59. The SMILES string of the molecule is O=C(O)C1CSCN1C(=O)Nc1ccccc1F. The molecular formula is C11H11FN2O3S. The van der Waals surface area contributed by atoms with E-state index in [1.807, 2.05) is 0 Å². The average molecular weight is 270 g/mol. The Labute approximate surface area is 107 Å². The van der Waals surface area contributed by atoms with E-state index in [2.05, 4.69) is 5.32 Å². The summed E-state index contributed by atoms with van der Waals surface area (Å²) in [6.45, 7) is 0. The summed E-state index contributed by atoms with van der Waals surface area (Å²) in [6, 6.07) is 4.29. The molecule has 1 heterocycles. The third-order valence-electron chi connectivity index (χ3n) is 2.54. The Kier molecular flexibility index (Phi) is 3.71. The van der Waals surface area contributed by atoms with Gasteiger partial charge in [-0.05, 0) is 12.1 Å². The van der Waals surface area contributed by atoms with Gasteiger partial charge < -0.3 is 15.3 Å². The van der Waals surface area contributed by atoms with Gasteiger partial charge in [-0.1, -0.05) is 12.1 Å². The molecule has 1 atom stereocenters. The molecule has 1 aliphatic rings. The minimum Gasteiger partial charge on any atom is -0.480 e. The highest BCUT2D eigenvalue weighted by molar-refractivity contribution is 7.99. The molecule has 0 bridgehead atoms. The van der Waals surface area contributed by atoms with Crippen LogP contribution in [0, 0.1) is 5.82 Å². The monoisotopic (exact) mass is 270 g/mol. The fraction of sp³-hybridized carbons (Fsp3) is 0.273. The van der Waals surface area contributed by atoms with E-state index in [-0.39, 0.29) is 11.6 Å². The molecule has 96 valence electrons. The highest BCUT2D eigenvalue weighted by Crippen LogP contribution is 2.22. The van der Waals surface area contributed by atoms with Crippen LogP contribution in [0.3, 0.4) is 0 Å². The minimum absolute atomic E-state index is 0.0449. The number of aliphatic carboxylic acids is 1. The highest BCUT2D eigenvalue weighted by Gasteiger charge is 2.34. The van der Waals surface area contributed by atoms with Crippen molar-refractivity contribution >= 4 is 29.4 Å². The van der Waals surface area contributed by atoms with E-state index in [9.17, 15) is 14.0 Å². The lowest BCUT2D eigenvalue weighted by Crippen LogP contribution is -2.44. The molecule has 0 radical (unpaired) electrons. The van der Waals surface area contributed by atoms with E-state index in [0.29, 0.717) is 5.75 Å². The molecule has 2 rings (SSSR count). The van der Waals surface area contributed by atoms with Gasteiger partial charge in [0.1, 0.15) is 11.9 Å². The normalized spacial score (nSPS) is 18.7. The van der Waals surface area contributed by atoms with Gasteiger partial charge in [0.15, 0.2) is 0 Å². The molecule has 5 nitrogen and oxygen atoms in total. The number of carbonyl (C=O) groups excluding carboxylic acids is 1. The predicted molar refractivity (Wildman–Crippen MR) is 66.0 cm³/mol. The zero-order valence-corrected chi connectivity index (χ0v) is 10.1. The van der Waals surface area contributed by atoms with Gasteiger partial charge >= 0.3 is 12.0 Å². The average Bonchev–Trinajstić information content (AvgIpc) is 2.81. The molecule has 2 N–H and O–H groups in total. The number of rotatable bonds is 2. The van der Waals surface area contributed by atoms with E-state index in [0.717, 1.165) is 0 Å². The molecule has 0 aliphatic carbocycles. The van der Waals surface area contributed by atoms with Crippen LogP contribution in [0.4, 0.5) is 14.9 Å². The Balaban J connectivity index is 2.08. The summed E-state index contributed by atoms with van der Waals surface area (Å²) in [5, 5.41) is 11.3. The van der Waals surface area contributed by atoms with Crippen LogP contribution in [0.25, 0.3) is 0 Å². The maximum absolute atomic E-state index is 13.3. The number of carbonyl (C=O) groups is 2. The second-order valence-electron chi connectivity index (χ2n) is 3.73. The maximum Gasteiger partial charge on any atom is 0.327 e. The number of urea groups is 1. The number of anilines is 1. The van der Waals surface area contributed by atoms with Gasteiger partial charge in [-0.15, -0.1) is 11.8 Å². The van der Waals surface area contributed by atoms with E-state index in [1.165, 1.54) is 34.9 Å². The number of amides is 2. The number of thioether (sulfide) groups is 1. The van der Waals surface area contributed by atoms with Gasteiger partial charge in [0.25, 0.3) is 0 Å². The Morgan fingerprint density at radius 2 is 2.17 bits per heavy atom. The topological polar surface area (TPSA) is 69.6 Å². The molecule has 7 heteroatoms. The first kappa shape index (κ1) is 12.7. The van der Waals surface area contributed by atoms with Crippen molar-refractivity contribution in [2.24, 2.45) is 0 Å². The van der Waals surface area contributed by atoms with Crippen molar-refractivity contribution in [1.29, 1.82) is 0 Å². The minimum atomic E-state index is -1.05. The van der Waals surface area contributed by atoms with Crippen LogP contribution in [0.2, 0.25) is 0 Å². The lowest BCUT2D eigenvalue weighted by atomic mass is 10.3. The zero-order valence-electron chi connectivity index (χ0n) is 9.30. The first-order valence-electron chi connectivity index (χ1n) is 5.22. The molecule has 1 saturated heterocycles. The van der Waals surface area contributed by atoms with Crippen molar-refractivity contribution in [3.63, 3.8) is 0 Å². The van der Waals surface area contributed by atoms with Crippen molar-refractivity contribution in [3.8, 4) is 0 Å². The largest absolute Gasteiger partial charge is 0.480 e. The Morgan fingerprint density at radius 1 is 1.44 bits per heavy atom. The molecule has 1 aromatic rings. The molecule has 18 heavy (non-hydrogen) atoms. The fourth-order valence-electron chi connectivity index (χ4n) is 1.60. The summed E-state index contributed by atoms with van der Waals surface area (Å²) < 4.78 is 13.3. The van der Waals surface area contributed by atoms with Gasteiger partial charge in [0, 0.05) is 5.75 Å². The number of benzene rings is 1. The first-order valence-corrected chi connectivity index (χ1v) is 6.38. The van der Waals surface area contributed by atoms with Crippen LogP contribution in [-0.2, 0) is 4.79 Å².